The van der Waals surface area contributed by atoms with E-state index in [1.165, 1.54) is 5.56 Å². The van der Waals surface area contributed by atoms with E-state index in [9.17, 15) is 4.79 Å². The van der Waals surface area contributed by atoms with E-state index in [2.05, 4.69) is 43.4 Å². The highest BCUT2D eigenvalue weighted by atomic mass is 16.6. The Labute approximate surface area is 159 Å². The molecule has 0 fully saturated rings. The number of anilines is 1. The lowest BCUT2D eigenvalue weighted by Gasteiger charge is -2.18. The fourth-order valence-electron chi connectivity index (χ4n) is 2.58. The monoisotopic (exact) mass is 368 g/mol. The summed E-state index contributed by atoms with van der Waals surface area (Å²) in [5.74, 6) is 1.00. The number of ether oxygens (including phenoxy) is 2. The number of benzene rings is 2. The molecule has 2 aromatic carbocycles. The molecule has 0 saturated carbocycles. The summed E-state index contributed by atoms with van der Waals surface area (Å²) in [6.45, 7) is 7.35. The van der Waals surface area contributed by atoms with Crippen LogP contribution in [0.5, 0.6) is 11.5 Å². The molecule has 1 aliphatic heterocycles. The molecule has 0 unspecified atom stereocenters. The van der Waals surface area contributed by atoms with Gasteiger partial charge in [-0.15, -0.1) is 0 Å². The Morgan fingerprint density at radius 3 is 2.52 bits per heavy atom. The highest BCUT2D eigenvalue weighted by molar-refractivity contribution is 5.92. The summed E-state index contributed by atoms with van der Waals surface area (Å²) < 4.78 is 10.9. The van der Waals surface area contributed by atoms with Crippen molar-refractivity contribution in [2.45, 2.75) is 26.2 Å². The summed E-state index contributed by atoms with van der Waals surface area (Å²) in [7, 11) is 0. The van der Waals surface area contributed by atoms with Gasteiger partial charge >= 0.3 is 0 Å². The van der Waals surface area contributed by atoms with Crippen molar-refractivity contribution in [1.82, 2.24) is 0 Å². The number of hydrogen-bond acceptors (Lipinski definition) is 5. The second kappa shape index (κ2) is 8.12. The number of carbonyl (C=O) groups excluding carboxylic acids is 1. The number of rotatable bonds is 5. The zero-order valence-electron chi connectivity index (χ0n) is 15.8. The Hall–Kier alpha value is -3.02. The Morgan fingerprint density at radius 2 is 1.81 bits per heavy atom. The normalized spacial score (nSPS) is 13.4. The average Bonchev–Trinajstić information content (AvgIpc) is 2.65. The number of carbonyl (C=O) groups is 1. The summed E-state index contributed by atoms with van der Waals surface area (Å²) in [5, 5.41) is 6.60. The molecule has 6 nitrogen and oxygen atoms in total. The van der Waals surface area contributed by atoms with Gasteiger partial charge in [-0.25, -0.2) is 0 Å². The van der Waals surface area contributed by atoms with Gasteiger partial charge in [0, 0.05) is 11.8 Å². The second-order valence-electron chi connectivity index (χ2n) is 7.29. The van der Waals surface area contributed by atoms with Gasteiger partial charge in [0.15, 0.2) is 18.1 Å². The number of fused-ring (bicyclic) bond motifs is 1. The zero-order chi connectivity index (χ0) is 19.3. The first-order valence-electron chi connectivity index (χ1n) is 8.87. The highest BCUT2D eigenvalue weighted by Crippen LogP contribution is 2.32. The van der Waals surface area contributed by atoms with Gasteiger partial charge < -0.3 is 19.6 Å². The second-order valence-corrected chi connectivity index (χ2v) is 7.29. The third kappa shape index (κ3) is 5.23. The van der Waals surface area contributed by atoms with E-state index in [-0.39, 0.29) is 17.9 Å². The van der Waals surface area contributed by atoms with Crippen LogP contribution in [0.2, 0.25) is 0 Å². The van der Waals surface area contributed by atoms with E-state index in [1.807, 2.05) is 12.1 Å². The maximum atomic E-state index is 12.0. The molecule has 142 valence electrons. The predicted molar refractivity (Wildman–Crippen MR) is 105 cm³/mol. The van der Waals surface area contributed by atoms with E-state index in [4.69, 9.17) is 14.3 Å². The van der Waals surface area contributed by atoms with Crippen molar-refractivity contribution >= 4 is 17.8 Å². The van der Waals surface area contributed by atoms with E-state index in [0.29, 0.717) is 30.4 Å². The first kappa shape index (κ1) is 18.8. The zero-order valence-corrected chi connectivity index (χ0v) is 15.8. The predicted octanol–water partition coefficient (Wildman–Crippen LogP) is 3.74. The Balaban J connectivity index is 1.47. The van der Waals surface area contributed by atoms with Crippen LogP contribution in [0, 0.1) is 0 Å². The van der Waals surface area contributed by atoms with Crippen molar-refractivity contribution in [2.75, 3.05) is 25.1 Å². The molecule has 0 aromatic heterocycles. The molecule has 1 N–H and O–H groups in total. The van der Waals surface area contributed by atoms with E-state index in [1.54, 1.807) is 24.4 Å². The minimum absolute atomic E-state index is 0.109. The molecule has 0 atom stereocenters. The van der Waals surface area contributed by atoms with Gasteiger partial charge in [0.25, 0.3) is 5.91 Å². The van der Waals surface area contributed by atoms with Gasteiger partial charge in [0.1, 0.15) is 13.2 Å². The summed E-state index contributed by atoms with van der Waals surface area (Å²) in [6, 6.07) is 13.3. The standard InChI is InChI=1S/C21H24N2O4/c1-21(2,3)16-6-4-15(5-7-16)13-22-27-14-20(24)23-17-8-9-18-19(12-17)26-11-10-25-18/h4-9,12-13H,10-11,14H2,1-3H3,(H,23,24)/b22-13+. The molecule has 2 aromatic rings. The van der Waals surface area contributed by atoms with Crippen LogP contribution in [0.25, 0.3) is 0 Å². The lowest BCUT2D eigenvalue weighted by atomic mass is 9.87. The molecule has 0 aliphatic carbocycles. The van der Waals surface area contributed by atoms with E-state index < -0.39 is 0 Å². The summed E-state index contributed by atoms with van der Waals surface area (Å²) in [5.41, 5.74) is 2.89. The van der Waals surface area contributed by atoms with Crippen LogP contribution in [0.4, 0.5) is 5.69 Å². The topological polar surface area (TPSA) is 69.2 Å². The highest BCUT2D eigenvalue weighted by Gasteiger charge is 2.13. The number of hydrogen-bond donors (Lipinski definition) is 1. The fourth-order valence-corrected chi connectivity index (χ4v) is 2.58. The smallest absolute Gasteiger partial charge is 0.265 e. The molecular weight excluding hydrogens is 344 g/mol. The maximum absolute atomic E-state index is 12.0. The van der Waals surface area contributed by atoms with Crippen molar-refractivity contribution in [3.63, 3.8) is 0 Å². The molecule has 0 saturated heterocycles. The lowest BCUT2D eigenvalue weighted by molar-refractivity contribution is -0.120. The van der Waals surface area contributed by atoms with E-state index in [0.717, 1.165) is 5.56 Å². The molecule has 6 heteroatoms. The van der Waals surface area contributed by atoms with Crippen LogP contribution >= 0.6 is 0 Å². The number of nitrogens with one attached hydrogen (secondary N) is 1. The van der Waals surface area contributed by atoms with Crippen LogP contribution in [0.3, 0.4) is 0 Å². The number of amides is 1. The van der Waals surface area contributed by atoms with Crippen LogP contribution < -0.4 is 14.8 Å². The number of oxime groups is 1. The SMILES string of the molecule is CC(C)(C)c1ccc(/C=N/OCC(=O)Nc2ccc3c(c2)OCCO3)cc1. The van der Waals surface area contributed by atoms with Crippen molar-refractivity contribution in [1.29, 1.82) is 0 Å². The largest absolute Gasteiger partial charge is 0.486 e. The summed E-state index contributed by atoms with van der Waals surface area (Å²) in [6.07, 6.45) is 1.59. The van der Waals surface area contributed by atoms with E-state index >= 15 is 0 Å². The summed E-state index contributed by atoms with van der Waals surface area (Å²) >= 11 is 0. The molecular formula is C21H24N2O4. The van der Waals surface area contributed by atoms with Crippen LogP contribution in [-0.4, -0.2) is 31.9 Å². The van der Waals surface area contributed by atoms with Gasteiger partial charge in [-0.3, -0.25) is 4.79 Å². The molecule has 3 rings (SSSR count). The van der Waals surface area contributed by atoms with Crippen molar-refractivity contribution in [2.24, 2.45) is 5.16 Å². The molecule has 27 heavy (non-hydrogen) atoms. The first-order valence-corrected chi connectivity index (χ1v) is 8.87. The molecule has 1 heterocycles. The number of nitrogens with zero attached hydrogens (tertiary/aromatic N) is 1. The quantitative estimate of drug-likeness (QED) is 0.645. The van der Waals surface area contributed by atoms with Gasteiger partial charge in [0.2, 0.25) is 0 Å². The van der Waals surface area contributed by atoms with Crippen molar-refractivity contribution in [3.8, 4) is 11.5 Å². The third-order valence-corrected chi connectivity index (χ3v) is 4.07. The molecule has 0 bridgehead atoms. The minimum Gasteiger partial charge on any atom is -0.486 e. The van der Waals surface area contributed by atoms with Gasteiger partial charge in [-0.2, -0.15) is 0 Å². The molecule has 0 spiro atoms. The molecule has 1 amide bonds. The average molecular weight is 368 g/mol. The Bertz CT molecular complexity index is 823. The van der Waals surface area contributed by atoms with Crippen LogP contribution in [0.1, 0.15) is 31.9 Å². The van der Waals surface area contributed by atoms with Gasteiger partial charge in [0.05, 0.1) is 6.21 Å². The minimum atomic E-state index is -0.299. The van der Waals surface area contributed by atoms with Gasteiger partial charge in [-0.1, -0.05) is 50.2 Å². The first-order chi connectivity index (χ1) is 12.9. The Morgan fingerprint density at radius 1 is 1.11 bits per heavy atom. The van der Waals surface area contributed by atoms with Crippen LogP contribution in [0.15, 0.2) is 47.6 Å². The molecule has 0 radical (unpaired) electrons. The van der Waals surface area contributed by atoms with Gasteiger partial charge in [-0.05, 0) is 28.7 Å². The maximum Gasteiger partial charge on any atom is 0.265 e. The fraction of sp³-hybridized carbons (Fsp3) is 0.333. The Kier molecular flexibility index (Phi) is 5.64. The summed E-state index contributed by atoms with van der Waals surface area (Å²) in [4.78, 5) is 17.0. The molecule has 1 aliphatic rings. The lowest BCUT2D eigenvalue weighted by Crippen LogP contribution is -2.18. The van der Waals surface area contributed by atoms with Crippen molar-refractivity contribution in [3.05, 3.63) is 53.6 Å². The van der Waals surface area contributed by atoms with Crippen LogP contribution in [-0.2, 0) is 15.0 Å². The third-order valence-electron chi connectivity index (χ3n) is 4.07. The van der Waals surface area contributed by atoms with Crippen molar-refractivity contribution < 1.29 is 19.1 Å².